The van der Waals surface area contributed by atoms with Gasteiger partial charge < -0.3 is 5.32 Å². The van der Waals surface area contributed by atoms with Crippen LogP contribution in [-0.2, 0) is 11.3 Å². The van der Waals surface area contributed by atoms with E-state index in [0.717, 1.165) is 12.8 Å². The maximum Gasteiger partial charge on any atom is 0.261 e. The molecule has 1 N–H and O–H groups in total. The molecule has 1 amide bonds. The van der Waals surface area contributed by atoms with Crippen LogP contribution in [0.5, 0.6) is 0 Å². The summed E-state index contributed by atoms with van der Waals surface area (Å²) in [5, 5.41) is 3.75. The van der Waals surface area contributed by atoms with Gasteiger partial charge in [0.05, 0.1) is 17.2 Å². The minimum Gasteiger partial charge on any atom is -0.352 e. The van der Waals surface area contributed by atoms with E-state index in [1.807, 2.05) is 6.92 Å². The largest absolute Gasteiger partial charge is 0.352 e. The van der Waals surface area contributed by atoms with Crippen molar-refractivity contribution in [3.05, 3.63) is 39.9 Å². The molecule has 0 aliphatic carbocycles. The van der Waals surface area contributed by atoms with E-state index in [1.54, 1.807) is 18.2 Å². The number of hydrogen-bond acceptors (Lipinski definition) is 3. The predicted molar refractivity (Wildman–Crippen MR) is 83.5 cm³/mol. The number of carbonyl (C=O) groups excluding carboxylic acids is 1. The van der Waals surface area contributed by atoms with Crippen LogP contribution in [-0.4, -0.2) is 21.5 Å². The molecule has 21 heavy (non-hydrogen) atoms. The normalized spacial score (nSPS) is 12.3. The fraction of sp³-hybridized carbons (Fsp3) is 0.400. The highest BCUT2D eigenvalue weighted by Crippen LogP contribution is 2.13. The Balaban J connectivity index is 2.21. The van der Waals surface area contributed by atoms with Crippen molar-refractivity contribution < 1.29 is 4.79 Å². The van der Waals surface area contributed by atoms with Crippen LogP contribution >= 0.6 is 11.6 Å². The van der Waals surface area contributed by atoms with E-state index in [2.05, 4.69) is 17.2 Å². The molecule has 0 radical (unpaired) electrons. The van der Waals surface area contributed by atoms with Crippen LogP contribution in [0.2, 0.25) is 5.02 Å². The second kappa shape index (κ2) is 6.72. The van der Waals surface area contributed by atoms with Crippen molar-refractivity contribution in [2.45, 2.75) is 39.3 Å². The highest BCUT2D eigenvalue weighted by Gasteiger charge is 2.10. The average molecular weight is 308 g/mol. The second-order valence-corrected chi connectivity index (χ2v) is 5.53. The molecule has 0 aliphatic heterocycles. The molecule has 0 bridgehead atoms. The van der Waals surface area contributed by atoms with Crippen LogP contribution in [0.25, 0.3) is 10.9 Å². The smallest absolute Gasteiger partial charge is 0.261 e. The molecular formula is C15H18ClN3O2. The summed E-state index contributed by atoms with van der Waals surface area (Å²) in [5.41, 5.74) is 0.307. The number of amides is 1. The summed E-state index contributed by atoms with van der Waals surface area (Å²) in [5.74, 6) is -0.193. The Bertz CT molecular complexity index is 712. The number of rotatable bonds is 5. The Morgan fingerprint density at radius 3 is 2.95 bits per heavy atom. The molecule has 2 rings (SSSR count). The van der Waals surface area contributed by atoms with Crippen LogP contribution in [0.4, 0.5) is 0 Å². The van der Waals surface area contributed by atoms with Gasteiger partial charge in [0, 0.05) is 11.1 Å². The monoisotopic (exact) mass is 307 g/mol. The zero-order valence-corrected chi connectivity index (χ0v) is 12.9. The van der Waals surface area contributed by atoms with Crippen LogP contribution in [0, 0.1) is 0 Å². The first-order chi connectivity index (χ1) is 10.0. The third-order valence-corrected chi connectivity index (χ3v) is 3.46. The SMILES string of the molecule is CCC[C@H](C)NC(=O)Cn1cnc2ccc(Cl)cc2c1=O. The Hall–Kier alpha value is -1.88. The number of aromatic nitrogens is 2. The van der Waals surface area contributed by atoms with Crippen molar-refractivity contribution >= 4 is 28.4 Å². The van der Waals surface area contributed by atoms with Gasteiger partial charge in [0.25, 0.3) is 5.56 Å². The van der Waals surface area contributed by atoms with E-state index >= 15 is 0 Å². The Kier molecular flexibility index (Phi) is 4.96. The first-order valence-electron chi connectivity index (χ1n) is 6.95. The van der Waals surface area contributed by atoms with Crippen molar-refractivity contribution in [1.82, 2.24) is 14.9 Å². The number of carbonyl (C=O) groups is 1. The number of nitrogens with zero attached hydrogens (tertiary/aromatic N) is 2. The molecule has 5 nitrogen and oxygen atoms in total. The number of hydrogen-bond donors (Lipinski definition) is 1. The van der Waals surface area contributed by atoms with Gasteiger partial charge in [-0.3, -0.25) is 14.2 Å². The quantitative estimate of drug-likeness (QED) is 0.922. The molecule has 0 unspecified atom stereocenters. The Morgan fingerprint density at radius 1 is 1.48 bits per heavy atom. The predicted octanol–water partition coefficient (Wildman–Crippen LogP) is 2.35. The van der Waals surface area contributed by atoms with Crippen LogP contribution in [0.1, 0.15) is 26.7 Å². The molecule has 1 atom stereocenters. The molecule has 0 spiro atoms. The number of halogens is 1. The Morgan fingerprint density at radius 2 is 2.24 bits per heavy atom. The van der Waals surface area contributed by atoms with Crippen molar-refractivity contribution in [2.24, 2.45) is 0 Å². The zero-order chi connectivity index (χ0) is 15.4. The van der Waals surface area contributed by atoms with E-state index in [4.69, 9.17) is 11.6 Å². The van der Waals surface area contributed by atoms with Gasteiger partial charge in [-0.15, -0.1) is 0 Å². The summed E-state index contributed by atoms with van der Waals surface area (Å²) in [6, 6.07) is 5.04. The summed E-state index contributed by atoms with van der Waals surface area (Å²) in [6.45, 7) is 3.97. The minimum absolute atomic E-state index is 0.0393. The molecule has 6 heteroatoms. The maximum absolute atomic E-state index is 12.3. The lowest BCUT2D eigenvalue weighted by atomic mass is 10.2. The molecule has 1 aromatic heterocycles. The van der Waals surface area contributed by atoms with Gasteiger partial charge in [-0.1, -0.05) is 24.9 Å². The minimum atomic E-state index is -0.263. The molecule has 2 aromatic rings. The number of benzene rings is 1. The fourth-order valence-corrected chi connectivity index (χ4v) is 2.40. The van der Waals surface area contributed by atoms with Crippen LogP contribution in [0.15, 0.2) is 29.3 Å². The first kappa shape index (κ1) is 15.5. The number of fused-ring (bicyclic) bond motifs is 1. The van der Waals surface area contributed by atoms with Crippen LogP contribution in [0.3, 0.4) is 0 Å². The third kappa shape index (κ3) is 3.82. The number of nitrogens with one attached hydrogen (secondary N) is 1. The Labute approximate surface area is 127 Å². The molecule has 0 aliphatic rings. The molecule has 112 valence electrons. The van der Waals surface area contributed by atoms with Crippen molar-refractivity contribution in [3.8, 4) is 0 Å². The summed E-state index contributed by atoms with van der Waals surface area (Å²) >= 11 is 5.90. The first-order valence-corrected chi connectivity index (χ1v) is 7.33. The maximum atomic E-state index is 12.3. The third-order valence-electron chi connectivity index (χ3n) is 3.23. The second-order valence-electron chi connectivity index (χ2n) is 5.10. The molecule has 1 aromatic carbocycles. The summed E-state index contributed by atoms with van der Waals surface area (Å²) < 4.78 is 1.30. The lowest BCUT2D eigenvalue weighted by molar-refractivity contribution is -0.122. The van der Waals surface area contributed by atoms with Gasteiger partial charge in [-0.05, 0) is 31.5 Å². The molecule has 0 saturated carbocycles. The molecule has 0 fully saturated rings. The van der Waals surface area contributed by atoms with E-state index in [1.165, 1.54) is 10.9 Å². The summed E-state index contributed by atoms with van der Waals surface area (Å²) in [6.07, 6.45) is 3.30. The fourth-order valence-electron chi connectivity index (χ4n) is 2.22. The molecule has 0 saturated heterocycles. The highest BCUT2D eigenvalue weighted by atomic mass is 35.5. The average Bonchev–Trinajstić information content (AvgIpc) is 2.42. The van der Waals surface area contributed by atoms with Gasteiger partial charge >= 0.3 is 0 Å². The van der Waals surface area contributed by atoms with E-state index in [-0.39, 0.29) is 24.1 Å². The molecular weight excluding hydrogens is 290 g/mol. The summed E-state index contributed by atoms with van der Waals surface area (Å²) in [7, 11) is 0. The van der Waals surface area contributed by atoms with Crippen molar-refractivity contribution in [2.75, 3.05) is 0 Å². The highest BCUT2D eigenvalue weighted by molar-refractivity contribution is 6.31. The van der Waals surface area contributed by atoms with Gasteiger partial charge in [0.2, 0.25) is 5.91 Å². The molecule has 1 heterocycles. The van der Waals surface area contributed by atoms with E-state index in [9.17, 15) is 9.59 Å². The van der Waals surface area contributed by atoms with Gasteiger partial charge in [-0.25, -0.2) is 4.98 Å². The topological polar surface area (TPSA) is 64.0 Å². The van der Waals surface area contributed by atoms with Crippen LogP contribution < -0.4 is 10.9 Å². The standard InChI is InChI=1S/C15H18ClN3O2/c1-3-4-10(2)18-14(20)8-19-9-17-13-6-5-11(16)7-12(13)15(19)21/h5-7,9-10H,3-4,8H2,1-2H3,(H,18,20)/t10-/m0/s1. The van der Waals surface area contributed by atoms with Gasteiger partial charge in [-0.2, -0.15) is 0 Å². The van der Waals surface area contributed by atoms with Crippen molar-refractivity contribution in [3.63, 3.8) is 0 Å². The van der Waals surface area contributed by atoms with Gasteiger partial charge in [0.1, 0.15) is 6.54 Å². The lowest BCUT2D eigenvalue weighted by Crippen LogP contribution is -2.37. The van der Waals surface area contributed by atoms with E-state index < -0.39 is 0 Å². The van der Waals surface area contributed by atoms with E-state index in [0.29, 0.717) is 15.9 Å². The van der Waals surface area contributed by atoms with Gasteiger partial charge in [0.15, 0.2) is 0 Å². The van der Waals surface area contributed by atoms with Crippen molar-refractivity contribution in [1.29, 1.82) is 0 Å². The lowest BCUT2D eigenvalue weighted by Gasteiger charge is -2.13. The zero-order valence-electron chi connectivity index (χ0n) is 12.1. The summed E-state index contributed by atoms with van der Waals surface area (Å²) in [4.78, 5) is 28.4.